The Morgan fingerprint density at radius 3 is 2.74 bits per heavy atom. The molecule has 0 amide bonds. The van der Waals surface area contributed by atoms with E-state index in [-0.39, 0.29) is 0 Å². The second-order valence-corrected chi connectivity index (χ2v) is 6.39. The van der Waals surface area contributed by atoms with Gasteiger partial charge in [0.25, 0.3) is 0 Å². The fraction of sp³-hybridized carbons (Fsp3) is 0.286. The predicted molar refractivity (Wildman–Crippen MR) is 84.6 cm³/mol. The van der Waals surface area contributed by atoms with Crippen LogP contribution in [0.1, 0.15) is 10.4 Å². The maximum atomic E-state index is 5.76. The van der Waals surface area contributed by atoms with E-state index in [1.54, 1.807) is 18.4 Å². The van der Waals surface area contributed by atoms with Gasteiger partial charge in [-0.15, -0.1) is 11.3 Å². The summed E-state index contributed by atoms with van der Waals surface area (Å²) < 4.78 is 6.51. The molecule has 3 nitrogen and oxygen atoms in total. The number of nitrogen functional groups attached to an aromatic ring is 1. The van der Waals surface area contributed by atoms with Crippen LogP contribution in [-0.2, 0) is 13.1 Å². The molecule has 19 heavy (non-hydrogen) atoms. The van der Waals surface area contributed by atoms with E-state index in [1.807, 2.05) is 18.2 Å². The van der Waals surface area contributed by atoms with E-state index in [9.17, 15) is 0 Å². The maximum Gasteiger partial charge on any atom is 0.125 e. The number of thiophene rings is 1. The quantitative estimate of drug-likeness (QED) is 0.842. The number of ether oxygens (including phenoxy) is 1. The van der Waals surface area contributed by atoms with E-state index in [1.165, 1.54) is 4.88 Å². The van der Waals surface area contributed by atoms with E-state index in [0.717, 1.165) is 34.6 Å². The highest BCUT2D eigenvalue weighted by atomic mass is 79.9. The fourth-order valence-corrected chi connectivity index (χ4v) is 3.47. The largest absolute Gasteiger partial charge is 0.496 e. The first-order valence-electron chi connectivity index (χ1n) is 5.92. The zero-order chi connectivity index (χ0) is 13.8. The van der Waals surface area contributed by atoms with Gasteiger partial charge in [0.15, 0.2) is 0 Å². The molecule has 0 fully saturated rings. The highest BCUT2D eigenvalue weighted by Crippen LogP contribution is 2.25. The minimum absolute atomic E-state index is 0.727. The Labute approximate surface area is 126 Å². The molecule has 5 heteroatoms. The van der Waals surface area contributed by atoms with Gasteiger partial charge < -0.3 is 10.5 Å². The summed E-state index contributed by atoms with van der Waals surface area (Å²) in [4.78, 5) is 3.59. The molecule has 0 unspecified atom stereocenters. The summed E-state index contributed by atoms with van der Waals surface area (Å²) in [6.45, 7) is 1.75. The van der Waals surface area contributed by atoms with Gasteiger partial charge in [0.05, 0.1) is 7.11 Å². The first kappa shape index (κ1) is 14.4. The number of halogens is 1. The number of anilines is 1. The molecule has 2 N–H and O–H groups in total. The van der Waals surface area contributed by atoms with Crippen LogP contribution in [0.25, 0.3) is 0 Å². The topological polar surface area (TPSA) is 38.5 Å². The van der Waals surface area contributed by atoms with Crippen LogP contribution in [0.5, 0.6) is 5.75 Å². The summed E-state index contributed by atoms with van der Waals surface area (Å²) in [5, 5.41) is 2.10. The molecule has 102 valence electrons. The third kappa shape index (κ3) is 3.96. The monoisotopic (exact) mass is 340 g/mol. The van der Waals surface area contributed by atoms with Crippen LogP contribution in [0.4, 0.5) is 5.69 Å². The van der Waals surface area contributed by atoms with Gasteiger partial charge in [-0.1, -0.05) is 6.07 Å². The van der Waals surface area contributed by atoms with Gasteiger partial charge >= 0.3 is 0 Å². The van der Waals surface area contributed by atoms with Crippen molar-refractivity contribution >= 4 is 33.0 Å². The summed E-state index contributed by atoms with van der Waals surface area (Å²) in [7, 11) is 3.78. The molecule has 0 atom stereocenters. The molecule has 2 aromatic rings. The SMILES string of the molecule is COc1cc(N)ccc1CN(C)Cc1cc(Br)cs1. The number of methoxy groups -OCH3 is 1. The minimum atomic E-state index is 0.727. The zero-order valence-electron chi connectivity index (χ0n) is 11.0. The lowest BCUT2D eigenvalue weighted by Crippen LogP contribution is -2.17. The lowest BCUT2D eigenvalue weighted by molar-refractivity contribution is 0.312. The number of hydrogen-bond acceptors (Lipinski definition) is 4. The van der Waals surface area contributed by atoms with Crippen molar-refractivity contribution in [2.24, 2.45) is 0 Å². The summed E-state index contributed by atoms with van der Waals surface area (Å²) in [5.74, 6) is 0.846. The third-order valence-electron chi connectivity index (χ3n) is 2.80. The lowest BCUT2D eigenvalue weighted by Gasteiger charge is -2.18. The Morgan fingerprint density at radius 1 is 1.32 bits per heavy atom. The van der Waals surface area contributed by atoms with E-state index in [2.05, 4.69) is 39.3 Å². The maximum absolute atomic E-state index is 5.76. The summed E-state index contributed by atoms with van der Waals surface area (Å²) >= 11 is 5.24. The Balaban J connectivity index is 2.04. The molecule has 0 spiro atoms. The standard InChI is InChI=1S/C14H17BrN2OS/c1-17(8-13-5-11(15)9-19-13)7-10-3-4-12(16)6-14(10)18-2/h3-6,9H,7-8,16H2,1-2H3. The Morgan fingerprint density at radius 2 is 2.11 bits per heavy atom. The number of benzene rings is 1. The van der Waals surface area contributed by atoms with Crippen LogP contribution >= 0.6 is 27.3 Å². The average Bonchev–Trinajstić information content (AvgIpc) is 2.76. The first-order chi connectivity index (χ1) is 9.08. The van der Waals surface area contributed by atoms with Gasteiger partial charge in [-0.25, -0.2) is 0 Å². The van der Waals surface area contributed by atoms with Gasteiger partial charge in [0, 0.05) is 45.1 Å². The molecule has 0 aliphatic heterocycles. The van der Waals surface area contributed by atoms with E-state index in [0.29, 0.717) is 0 Å². The highest BCUT2D eigenvalue weighted by Gasteiger charge is 2.08. The normalized spacial score (nSPS) is 10.9. The number of rotatable bonds is 5. The van der Waals surface area contributed by atoms with Gasteiger partial charge in [-0.05, 0) is 35.1 Å². The van der Waals surface area contributed by atoms with Crippen molar-refractivity contribution in [2.75, 3.05) is 19.9 Å². The molecule has 1 heterocycles. The molecule has 2 rings (SSSR count). The second kappa shape index (κ2) is 6.41. The number of hydrogen-bond donors (Lipinski definition) is 1. The van der Waals surface area contributed by atoms with Gasteiger partial charge in [-0.2, -0.15) is 0 Å². The molecule has 0 radical (unpaired) electrons. The van der Waals surface area contributed by atoms with Crippen LogP contribution in [0.2, 0.25) is 0 Å². The van der Waals surface area contributed by atoms with Crippen LogP contribution in [-0.4, -0.2) is 19.1 Å². The van der Waals surface area contributed by atoms with Crippen LogP contribution < -0.4 is 10.5 Å². The van der Waals surface area contributed by atoms with E-state index >= 15 is 0 Å². The number of nitrogens with two attached hydrogens (primary N) is 1. The van der Waals surface area contributed by atoms with Crippen LogP contribution in [0.15, 0.2) is 34.1 Å². The summed E-state index contributed by atoms with van der Waals surface area (Å²) in [5.41, 5.74) is 7.64. The molecular formula is C14H17BrN2OS. The van der Waals surface area contributed by atoms with Gasteiger partial charge in [0.2, 0.25) is 0 Å². The molecule has 0 bridgehead atoms. The van der Waals surface area contributed by atoms with E-state index < -0.39 is 0 Å². The Hall–Kier alpha value is -1.04. The molecular weight excluding hydrogens is 324 g/mol. The molecule has 0 saturated heterocycles. The van der Waals surface area contributed by atoms with Gasteiger partial charge in [-0.3, -0.25) is 4.90 Å². The minimum Gasteiger partial charge on any atom is -0.496 e. The van der Waals surface area contributed by atoms with Crippen molar-refractivity contribution in [3.05, 3.63) is 44.6 Å². The fourth-order valence-electron chi connectivity index (χ4n) is 1.94. The smallest absolute Gasteiger partial charge is 0.125 e. The Kier molecular flexibility index (Phi) is 4.85. The molecule has 0 aliphatic rings. The summed E-state index contributed by atoms with van der Waals surface area (Å²) in [6, 6.07) is 7.95. The number of nitrogens with zero attached hydrogens (tertiary/aromatic N) is 1. The average molecular weight is 341 g/mol. The molecule has 1 aromatic carbocycles. The highest BCUT2D eigenvalue weighted by molar-refractivity contribution is 9.10. The van der Waals surface area contributed by atoms with Crippen LogP contribution in [0.3, 0.4) is 0 Å². The second-order valence-electron chi connectivity index (χ2n) is 4.47. The van der Waals surface area contributed by atoms with E-state index in [4.69, 9.17) is 10.5 Å². The van der Waals surface area contributed by atoms with Crippen molar-refractivity contribution in [2.45, 2.75) is 13.1 Å². The third-order valence-corrected chi connectivity index (χ3v) is 4.48. The van der Waals surface area contributed by atoms with Crippen molar-refractivity contribution in [3.63, 3.8) is 0 Å². The predicted octanol–water partition coefficient (Wildman–Crippen LogP) is 3.73. The van der Waals surface area contributed by atoms with Crippen LogP contribution in [0, 0.1) is 0 Å². The summed E-state index contributed by atoms with van der Waals surface area (Å²) in [6.07, 6.45) is 0. The Bertz CT molecular complexity index is 556. The van der Waals surface area contributed by atoms with Crippen molar-refractivity contribution in [1.29, 1.82) is 0 Å². The first-order valence-corrected chi connectivity index (χ1v) is 7.59. The van der Waals surface area contributed by atoms with Gasteiger partial charge in [0.1, 0.15) is 5.75 Å². The lowest BCUT2D eigenvalue weighted by atomic mass is 10.1. The molecule has 0 aliphatic carbocycles. The molecule has 0 saturated carbocycles. The zero-order valence-corrected chi connectivity index (χ0v) is 13.4. The van der Waals surface area contributed by atoms with Crippen molar-refractivity contribution in [3.8, 4) is 5.75 Å². The molecule has 1 aromatic heterocycles. The van der Waals surface area contributed by atoms with Crippen molar-refractivity contribution < 1.29 is 4.74 Å². The van der Waals surface area contributed by atoms with Crippen molar-refractivity contribution in [1.82, 2.24) is 4.90 Å².